The molecule has 0 amide bonds. The van der Waals surface area contributed by atoms with Gasteiger partial charge in [0, 0.05) is 24.5 Å². The van der Waals surface area contributed by atoms with Gasteiger partial charge in [-0.05, 0) is 31.2 Å². The van der Waals surface area contributed by atoms with Gasteiger partial charge in [0.05, 0.1) is 29.1 Å². The predicted molar refractivity (Wildman–Crippen MR) is 111 cm³/mol. The number of hydrogen-bond acceptors (Lipinski definition) is 7. The Morgan fingerprint density at radius 2 is 1.87 bits per heavy atom. The van der Waals surface area contributed by atoms with Crippen molar-refractivity contribution in [1.82, 2.24) is 4.31 Å². The number of ether oxygens (including phenoxy) is 1. The molecular formula is C20H21N3O6S. The highest BCUT2D eigenvalue weighted by molar-refractivity contribution is 7.89. The number of nitro groups is 1. The molecule has 0 bridgehead atoms. The molecule has 0 radical (unpaired) electrons. The Bertz CT molecular complexity index is 1150. The zero-order chi connectivity index (χ0) is 21.3. The normalized spacial score (nSPS) is 16.4. The van der Waals surface area contributed by atoms with E-state index in [0.717, 1.165) is 17.0 Å². The third-order valence-corrected chi connectivity index (χ3v) is 6.91. The third-order valence-electron chi connectivity index (χ3n) is 5.02. The van der Waals surface area contributed by atoms with Crippen LogP contribution in [-0.2, 0) is 14.8 Å². The third kappa shape index (κ3) is 3.89. The van der Waals surface area contributed by atoms with Gasteiger partial charge >= 0.3 is 0 Å². The van der Waals surface area contributed by atoms with E-state index in [-0.39, 0.29) is 35.4 Å². The van der Waals surface area contributed by atoms with Crippen LogP contribution in [-0.4, -0.2) is 43.9 Å². The number of hydrogen-bond donors (Lipinski definition) is 1. The average molecular weight is 431 g/mol. The molecule has 158 valence electrons. The first-order valence-electron chi connectivity index (χ1n) is 9.47. The van der Waals surface area contributed by atoms with E-state index in [9.17, 15) is 18.5 Å². The Morgan fingerprint density at radius 3 is 2.57 bits per heavy atom. The van der Waals surface area contributed by atoms with E-state index in [1.165, 1.54) is 16.4 Å². The standard InChI is InChI=1S/C20H21N3O6S/c1-14(20-12-15-4-2-3-5-19(15)29-20)21-17-7-6-16(13-18(17)23(24)25)30(26,27)22-8-10-28-11-9-22/h2-7,12-14,21H,8-11H2,1H3/t14-/m1/s1. The van der Waals surface area contributed by atoms with Crippen molar-refractivity contribution in [2.45, 2.75) is 17.9 Å². The average Bonchev–Trinajstić information content (AvgIpc) is 3.19. The fraction of sp³-hybridized carbons (Fsp3) is 0.300. The highest BCUT2D eigenvalue weighted by Crippen LogP contribution is 2.33. The van der Waals surface area contributed by atoms with Gasteiger partial charge in [-0.1, -0.05) is 18.2 Å². The van der Waals surface area contributed by atoms with E-state index < -0.39 is 14.9 Å². The highest BCUT2D eigenvalue weighted by Gasteiger charge is 2.29. The molecule has 0 spiro atoms. The van der Waals surface area contributed by atoms with Crippen molar-refractivity contribution in [1.29, 1.82) is 0 Å². The number of sulfonamides is 1. The van der Waals surface area contributed by atoms with Crippen LogP contribution in [0.3, 0.4) is 0 Å². The molecule has 1 saturated heterocycles. The maximum absolute atomic E-state index is 12.8. The summed E-state index contributed by atoms with van der Waals surface area (Å²) in [4.78, 5) is 10.9. The van der Waals surface area contributed by atoms with Crippen LogP contribution in [0.15, 0.2) is 57.8 Å². The molecular weight excluding hydrogens is 410 g/mol. The molecule has 1 atom stereocenters. The largest absolute Gasteiger partial charge is 0.459 e. The molecule has 2 aromatic carbocycles. The number of para-hydroxylation sites is 1. The minimum absolute atomic E-state index is 0.113. The maximum Gasteiger partial charge on any atom is 0.293 e. The first-order valence-corrected chi connectivity index (χ1v) is 10.9. The molecule has 1 aromatic heterocycles. The van der Waals surface area contributed by atoms with E-state index in [0.29, 0.717) is 19.0 Å². The Labute approximate surface area is 173 Å². The summed E-state index contributed by atoms with van der Waals surface area (Å²) in [6.45, 7) is 2.87. The van der Waals surface area contributed by atoms with Gasteiger partial charge in [0.25, 0.3) is 5.69 Å². The van der Waals surface area contributed by atoms with E-state index in [1.807, 2.05) is 37.3 Å². The minimum atomic E-state index is -3.83. The molecule has 0 saturated carbocycles. The number of anilines is 1. The molecule has 4 rings (SSSR count). The molecule has 0 aliphatic carbocycles. The number of furan rings is 1. The molecule has 3 aromatic rings. The van der Waals surface area contributed by atoms with E-state index in [1.54, 1.807) is 0 Å². The molecule has 1 N–H and O–H groups in total. The molecule has 30 heavy (non-hydrogen) atoms. The minimum Gasteiger partial charge on any atom is -0.459 e. The van der Waals surface area contributed by atoms with Crippen molar-refractivity contribution >= 4 is 32.4 Å². The van der Waals surface area contributed by atoms with Gasteiger partial charge in [-0.2, -0.15) is 4.31 Å². The topological polar surface area (TPSA) is 115 Å². The lowest BCUT2D eigenvalue weighted by molar-refractivity contribution is -0.384. The first kappa shape index (κ1) is 20.3. The second kappa shape index (κ2) is 8.05. The van der Waals surface area contributed by atoms with Crippen molar-refractivity contribution in [3.8, 4) is 0 Å². The van der Waals surface area contributed by atoms with Crippen LogP contribution in [0.4, 0.5) is 11.4 Å². The zero-order valence-electron chi connectivity index (χ0n) is 16.3. The van der Waals surface area contributed by atoms with Gasteiger partial charge in [-0.3, -0.25) is 10.1 Å². The van der Waals surface area contributed by atoms with Gasteiger partial charge in [0.15, 0.2) is 0 Å². The molecule has 1 aliphatic rings. The fourth-order valence-electron chi connectivity index (χ4n) is 3.40. The summed E-state index contributed by atoms with van der Waals surface area (Å²) in [6, 6.07) is 12.9. The molecule has 0 unspecified atom stereocenters. The zero-order valence-corrected chi connectivity index (χ0v) is 17.1. The van der Waals surface area contributed by atoms with Gasteiger partial charge in [0.1, 0.15) is 17.0 Å². The fourth-order valence-corrected chi connectivity index (χ4v) is 4.83. The summed E-state index contributed by atoms with van der Waals surface area (Å²) in [5, 5.41) is 15.6. The summed E-state index contributed by atoms with van der Waals surface area (Å²) in [5.41, 5.74) is 0.629. The van der Waals surface area contributed by atoms with Crippen LogP contribution in [0.5, 0.6) is 0 Å². The highest BCUT2D eigenvalue weighted by atomic mass is 32.2. The molecule has 9 nitrogen and oxygen atoms in total. The Balaban J connectivity index is 1.62. The quantitative estimate of drug-likeness (QED) is 0.469. The lowest BCUT2D eigenvalue weighted by Gasteiger charge is -2.26. The van der Waals surface area contributed by atoms with Crippen LogP contribution in [0.1, 0.15) is 18.7 Å². The summed E-state index contributed by atoms with van der Waals surface area (Å²) in [6.07, 6.45) is 0. The van der Waals surface area contributed by atoms with Crippen LogP contribution >= 0.6 is 0 Å². The molecule has 1 aliphatic heterocycles. The summed E-state index contributed by atoms with van der Waals surface area (Å²) in [7, 11) is -3.83. The maximum atomic E-state index is 12.8. The smallest absolute Gasteiger partial charge is 0.293 e. The Hall–Kier alpha value is -2.95. The van der Waals surface area contributed by atoms with Gasteiger partial charge in [0.2, 0.25) is 10.0 Å². The Kier molecular flexibility index (Phi) is 5.46. The van der Waals surface area contributed by atoms with Crippen molar-refractivity contribution in [3.05, 3.63) is 64.4 Å². The monoisotopic (exact) mass is 431 g/mol. The van der Waals surface area contributed by atoms with Crippen molar-refractivity contribution in [2.75, 3.05) is 31.6 Å². The van der Waals surface area contributed by atoms with E-state index in [2.05, 4.69) is 5.32 Å². The molecule has 1 fully saturated rings. The van der Waals surface area contributed by atoms with Gasteiger partial charge in [-0.15, -0.1) is 0 Å². The number of nitrogens with one attached hydrogen (secondary N) is 1. The first-order chi connectivity index (χ1) is 14.4. The number of nitrogens with zero attached hydrogens (tertiary/aromatic N) is 2. The summed E-state index contributed by atoms with van der Waals surface area (Å²) < 4.78 is 37.9. The van der Waals surface area contributed by atoms with Crippen LogP contribution in [0.2, 0.25) is 0 Å². The molecule has 10 heteroatoms. The number of morpholine rings is 1. The van der Waals surface area contributed by atoms with Crippen LogP contribution in [0, 0.1) is 10.1 Å². The summed E-state index contributed by atoms with van der Waals surface area (Å²) in [5.74, 6) is 0.621. The van der Waals surface area contributed by atoms with Crippen molar-refractivity contribution in [3.63, 3.8) is 0 Å². The summed E-state index contributed by atoms with van der Waals surface area (Å²) >= 11 is 0. The van der Waals surface area contributed by atoms with Gasteiger partial charge < -0.3 is 14.5 Å². The number of rotatable bonds is 6. The number of fused-ring (bicyclic) bond motifs is 1. The second-order valence-corrected chi connectivity index (χ2v) is 8.94. The van der Waals surface area contributed by atoms with Crippen molar-refractivity contribution < 1.29 is 22.5 Å². The van der Waals surface area contributed by atoms with Crippen LogP contribution in [0.25, 0.3) is 11.0 Å². The lowest BCUT2D eigenvalue weighted by Crippen LogP contribution is -2.40. The van der Waals surface area contributed by atoms with Crippen LogP contribution < -0.4 is 5.32 Å². The number of benzene rings is 2. The van der Waals surface area contributed by atoms with Crippen molar-refractivity contribution in [2.24, 2.45) is 0 Å². The van der Waals surface area contributed by atoms with E-state index in [4.69, 9.17) is 9.15 Å². The predicted octanol–water partition coefficient (Wildman–Crippen LogP) is 3.54. The molecule has 2 heterocycles. The Morgan fingerprint density at radius 1 is 1.13 bits per heavy atom. The number of nitro benzene ring substituents is 1. The van der Waals surface area contributed by atoms with Gasteiger partial charge in [-0.25, -0.2) is 8.42 Å². The lowest BCUT2D eigenvalue weighted by atomic mass is 10.2. The van der Waals surface area contributed by atoms with E-state index >= 15 is 0 Å². The SMILES string of the molecule is C[C@@H](Nc1ccc(S(=O)(=O)N2CCOCC2)cc1[N+](=O)[O-])c1cc2ccccc2o1. The second-order valence-electron chi connectivity index (χ2n) is 7.01.